The molecule has 4 rings (SSSR count). The van der Waals surface area contributed by atoms with Crippen molar-refractivity contribution in [2.24, 2.45) is 14.1 Å². The number of aromatic nitrogens is 4. The van der Waals surface area contributed by atoms with E-state index in [0.29, 0.717) is 5.02 Å². The molecular weight excluding hydrogens is 394 g/mol. The number of hydrogen-bond acceptors (Lipinski definition) is 4. The number of carbonyl (C=O) groups is 1. The maximum atomic E-state index is 13.3. The van der Waals surface area contributed by atoms with Gasteiger partial charge in [0.05, 0.1) is 12.4 Å². The standard InChI is InChI=1S/C20H22ClN5O3/c1-12(14-6-4-5-7-15(14)21)26(13-8-9-13)16(27)10-25-11-22-18-17(25)19(28)24(3)20(29)23(18)2/h4-7,11-13H,8-10H2,1-3H3. The molecule has 1 amide bonds. The van der Waals surface area contributed by atoms with Gasteiger partial charge in [-0.2, -0.15) is 0 Å². The van der Waals surface area contributed by atoms with Crippen LogP contribution in [0.2, 0.25) is 5.02 Å². The van der Waals surface area contributed by atoms with Crippen molar-refractivity contribution in [3.63, 3.8) is 0 Å². The van der Waals surface area contributed by atoms with Crippen LogP contribution in [0.1, 0.15) is 31.4 Å². The average Bonchev–Trinajstić information content (AvgIpc) is 3.44. The number of halogens is 1. The van der Waals surface area contributed by atoms with E-state index in [1.165, 1.54) is 22.5 Å². The normalized spacial score (nSPS) is 14.9. The minimum Gasteiger partial charge on any atom is -0.331 e. The summed E-state index contributed by atoms with van der Waals surface area (Å²) in [6.45, 7) is 1.93. The fraction of sp³-hybridized carbons (Fsp3) is 0.400. The van der Waals surface area contributed by atoms with E-state index in [0.717, 1.165) is 23.0 Å². The Kier molecular flexibility index (Phi) is 4.82. The van der Waals surface area contributed by atoms with Crippen molar-refractivity contribution in [1.29, 1.82) is 0 Å². The maximum absolute atomic E-state index is 13.3. The summed E-state index contributed by atoms with van der Waals surface area (Å²) in [5, 5.41) is 0.621. The fourth-order valence-electron chi connectivity index (χ4n) is 3.80. The predicted octanol–water partition coefficient (Wildman–Crippen LogP) is 1.84. The largest absolute Gasteiger partial charge is 0.332 e. The molecule has 2 heterocycles. The molecule has 3 aromatic rings. The fourth-order valence-corrected chi connectivity index (χ4v) is 4.09. The summed E-state index contributed by atoms with van der Waals surface area (Å²) in [5.41, 5.74) is 0.479. The lowest BCUT2D eigenvalue weighted by Gasteiger charge is -2.30. The van der Waals surface area contributed by atoms with Gasteiger partial charge in [0, 0.05) is 25.2 Å². The van der Waals surface area contributed by atoms with Gasteiger partial charge in [-0.1, -0.05) is 29.8 Å². The smallest absolute Gasteiger partial charge is 0.331 e. The van der Waals surface area contributed by atoms with Crippen LogP contribution in [0.15, 0.2) is 40.2 Å². The topological polar surface area (TPSA) is 82.1 Å². The molecule has 1 fully saturated rings. The summed E-state index contributed by atoms with van der Waals surface area (Å²) >= 11 is 6.35. The Morgan fingerprint density at radius 2 is 1.93 bits per heavy atom. The molecule has 0 saturated heterocycles. The van der Waals surface area contributed by atoms with Crippen LogP contribution >= 0.6 is 11.6 Å². The number of aryl methyl sites for hydroxylation is 1. The quantitative estimate of drug-likeness (QED) is 0.636. The number of amides is 1. The summed E-state index contributed by atoms with van der Waals surface area (Å²) in [6.07, 6.45) is 3.33. The zero-order valence-corrected chi connectivity index (χ0v) is 17.3. The number of carbonyl (C=O) groups excluding carboxylic acids is 1. The number of fused-ring (bicyclic) bond motifs is 1. The molecule has 1 aliphatic carbocycles. The highest BCUT2D eigenvalue weighted by Gasteiger charge is 2.37. The Hall–Kier alpha value is -2.87. The highest BCUT2D eigenvalue weighted by Crippen LogP contribution is 2.36. The predicted molar refractivity (Wildman–Crippen MR) is 110 cm³/mol. The first-order valence-corrected chi connectivity index (χ1v) is 9.85. The van der Waals surface area contributed by atoms with Crippen LogP contribution in [0.4, 0.5) is 0 Å². The van der Waals surface area contributed by atoms with E-state index >= 15 is 0 Å². The molecule has 1 aliphatic rings. The Morgan fingerprint density at radius 1 is 1.24 bits per heavy atom. The van der Waals surface area contributed by atoms with Crippen molar-refractivity contribution >= 4 is 28.7 Å². The van der Waals surface area contributed by atoms with Crippen molar-refractivity contribution < 1.29 is 4.79 Å². The lowest BCUT2D eigenvalue weighted by molar-refractivity contribution is -0.134. The second-order valence-corrected chi connectivity index (χ2v) is 7.89. The van der Waals surface area contributed by atoms with E-state index in [-0.39, 0.29) is 35.7 Å². The van der Waals surface area contributed by atoms with Crippen molar-refractivity contribution in [1.82, 2.24) is 23.6 Å². The van der Waals surface area contributed by atoms with Gasteiger partial charge in [-0.25, -0.2) is 9.78 Å². The van der Waals surface area contributed by atoms with Crippen molar-refractivity contribution in [2.45, 2.75) is 38.4 Å². The van der Waals surface area contributed by atoms with Crippen molar-refractivity contribution in [2.75, 3.05) is 0 Å². The van der Waals surface area contributed by atoms with Crippen LogP contribution < -0.4 is 11.2 Å². The van der Waals surface area contributed by atoms with E-state index in [4.69, 9.17) is 11.6 Å². The van der Waals surface area contributed by atoms with Gasteiger partial charge >= 0.3 is 5.69 Å². The lowest BCUT2D eigenvalue weighted by Crippen LogP contribution is -2.40. The van der Waals surface area contributed by atoms with Gasteiger partial charge in [0.1, 0.15) is 6.54 Å². The molecule has 1 aromatic carbocycles. The van der Waals surface area contributed by atoms with E-state index in [1.807, 2.05) is 36.1 Å². The van der Waals surface area contributed by atoms with Gasteiger partial charge in [-0.3, -0.25) is 18.7 Å². The second-order valence-electron chi connectivity index (χ2n) is 7.48. The van der Waals surface area contributed by atoms with Crippen LogP contribution in [0.25, 0.3) is 11.2 Å². The van der Waals surface area contributed by atoms with Crippen molar-refractivity contribution in [3.05, 3.63) is 62.0 Å². The molecule has 0 spiro atoms. The SMILES string of the molecule is CC(c1ccccc1Cl)N(C(=O)Cn1cnc2c1c(=O)n(C)c(=O)n2C)C1CC1. The maximum Gasteiger partial charge on any atom is 0.332 e. The number of nitrogens with zero attached hydrogens (tertiary/aromatic N) is 5. The van der Waals surface area contributed by atoms with E-state index in [9.17, 15) is 14.4 Å². The highest BCUT2D eigenvalue weighted by molar-refractivity contribution is 6.31. The first kappa shape index (κ1) is 19.4. The molecule has 2 aromatic heterocycles. The molecule has 152 valence electrons. The van der Waals surface area contributed by atoms with Gasteiger partial charge in [-0.05, 0) is 31.4 Å². The van der Waals surface area contributed by atoms with Crippen LogP contribution in [0.3, 0.4) is 0 Å². The zero-order chi connectivity index (χ0) is 20.9. The first-order chi connectivity index (χ1) is 13.8. The third-order valence-electron chi connectivity index (χ3n) is 5.52. The molecule has 29 heavy (non-hydrogen) atoms. The molecule has 1 saturated carbocycles. The van der Waals surface area contributed by atoms with E-state index < -0.39 is 11.2 Å². The third kappa shape index (κ3) is 3.27. The molecule has 0 aliphatic heterocycles. The van der Waals surface area contributed by atoms with E-state index in [2.05, 4.69) is 4.98 Å². The van der Waals surface area contributed by atoms with Crippen LogP contribution in [-0.2, 0) is 25.4 Å². The Labute approximate surface area is 171 Å². The van der Waals surface area contributed by atoms with Crippen LogP contribution in [0, 0.1) is 0 Å². The van der Waals surface area contributed by atoms with Gasteiger partial charge in [-0.15, -0.1) is 0 Å². The number of imidazole rings is 1. The third-order valence-corrected chi connectivity index (χ3v) is 5.87. The summed E-state index contributed by atoms with van der Waals surface area (Å²) in [5.74, 6) is -0.116. The Bertz CT molecular complexity index is 1220. The van der Waals surface area contributed by atoms with Gasteiger partial charge in [0.15, 0.2) is 11.2 Å². The lowest BCUT2D eigenvalue weighted by atomic mass is 10.1. The van der Waals surface area contributed by atoms with E-state index in [1.54, 1.807) is 7.05 Å². The molecule has 0 radical (unpaired) electrons. The highest BCUT2D eigenvalue weighted by atomic mass is 35.5. The molecule has 9 heteroatoms. The summed E-state index contributed by atoms with van der Waals surface area (Å²) < 4.78 is 3.85. The van der Waals surface area contributed by atoms with Crippen LogP contribution in [0.5, 0.6) is 0 Å². The summed E-state index contributed by atoms with van der Waals surface area (Å²) in [6, 6.07) is 7.48. The number of benzene rings is 1. The first-order valence-electron chi connectivity index (χ1n) is 9.47. The molecule has 0 N–H and O–H groups in total. The molecule has 1 atom stereocenters. The molecule has 0 bridgehead atoms. The summed E-state index contributed by atoms with van der Waals surface area (Å²) in [7, 11) is 2.97. The zero-order valence-electron chi connectivity index (χ0n) is 16.5. The Morgan fingerprint density at radius 3 is 2.59 bits per heavy atom. The minimum absolute atomic E-state index is 0.0325. The van der Waals surface area contributed by atoms with Gasteiger partial charge in [0.2, 0.25) is 5.91 Å². The van der Waals surface area contributed by atoms with Crippen molar-refractivity contribution in [3.8, 4) is 0 Å². The average molecular weight is 416 g/mol. The molecule has 1 unspecified atom stereocenters. The second kappa shape index (κ2) is 7.18. The molecule has 8 nitrogen and oxygen atoms in total. The number of rotatable bonds is 5. The van der Waals surface area contributed by atoms with Gasteiger partial charge in [0.25, 0.3) is 5.56 Å². The molecular formula is C20H22ClN5O3. The Balaban J connectivity index is 1.70. The monoisotopic (exact) mass is 415 g/mol. The van der Waals surface area contributed by atoms with Crippen LogP contribution in [-0.4, -0.2) is 35.5 Å². The summed E-state index contributed by atoms with van der Waals surface area (Å²) in [4.78, 5) is 44.0. The minimum atomic E-state index is -0.467. The van der Waals surface area contributed by atoms with Gasteiger partial charge < -0.3 is 9.47 Å². The number of hydrogen-bond donors (Lipinski definition) is 0.